The molecule has 1 atom stereocenters. The first kappa shape index (κ1) is 21.6. The predicted octanol–water partition coefficient (Wildman–Crippen LogP) is 3.44. The van der Waals surface area contributed by atoms with E-state index in [-0.39, 0.29) is 36.2 Å². The Morgan fingerprint density at radius 1 is 1.16 bits per heavy atom. The first-order chi connectivity index (χ1) is 15.1. The van der Waals surface area contributed by atoms with E-state index in [0.29, 0.717) is 31.9 Å². The summed E-state index contributed by atoms with van der Waals surface area (Å²) < 4.78 is 11.4. The number of nitrogens with zero attached hydrogens (tertiary/aromatic N) is 3. The van der Waals surface area contributed by atoms with Gasteiger partial charge in [-0.15, -0.1) is 0 Å². The number of carbonyl (C=O) groups is 2. The molecule has 1 unspecified atom stereocenters. The molecule has 0 N–H and O–H groups in total. The van der Waals surface area contributed by atoms with Crippen LogP contribution in [0.2, 0.25) is 0 Å². The number of aromatic nitrogens is 1. The number of benzene rings is 1. The quantitative estimate of drug-likeness (QED) is 0.709. The lowest BCUT2D eigenvalue weighted by Crippen LogP contribution is -2.46. The van der Waals surface area contributed by atoms with Crippen LogP contribution in [-0.2, 0) is 22.6 Å². The summed E-state index contributed by atoms with van der Waals surface area (Å²) >= 11 is 0. The lowest BCUT2D eigenvalue weighted by Gasteiger charge is -2.34. The average Bonchev–Trinajstić information content (AvgIpc) is 3.23. The fourth-order valence-electron chi connectivity index (χ4n) is 4.48. The van der Waals surface area contributed by atoms with E-state index in [9.17, 15) is 9.59 Å². The van der Waals surface area contributed by atoms with Crippen LogP contribution in [0, 0.1) is 0 Å². The standard InChI is InChI=1S/C24H31N3O4/c1-2-20-13-22(25-31-20)24(29)26-14-21(30-17-18-9-5-3-6-10-18)15-27(23(28)16-26)19-11-7-4-8-12-19/h3,5-6,9-10,13,19,21H,2,4,7-8,11-12,14-17H2,1H3. The summed E-state index contributed by atoms with van der Waals surface area (Å²) in [5.41, 5.74) is 1.32. The highest BCUT2D eigenvalue weighted by atomic mass is 16.5. The van der Waals surface area contributed by atoms with Crippen molar-refractivity contribution in [1.29, 1.82) is 0 Å². The molecule has 7 heteroatoms. The van der Waals surface area contributed by atoms with Gasteiger partial charge in [0, 0.05) is 31.6 Å². The predicted molar refractivity (Wildman–Crippen MR) is 115 cm³/mol. The zero-order chi connectivity index (χ0) is 21.6. The van der Waals surface area contributed by atoms with Gasteiger partial charge in [0.1, 0.15) is 12.3 Å². The molecule has 0 spiro atoms. The van der Waals surface area contributed by atoms with Crippen LogP contribution in [0.5, 0.6) is 0 Å². The summed E-state index contributed by atoms with van der Waals surface area (Å²) in [6.45, 7) is 3.31. The van der Waals surface area contributed by atoms with E-state index in [1.807, 2.05) is 42.2 Å². The molecule has 1 saturated carbocycles. The maximum Gasteiger partial charge on any atom is 0.276 e. The highest BCUT2D eigenvalue weighted by Gasteiger charge is 2.35. The minimum Gasteiger partial charge on any atom is -0.370 e. The van der Waals surface area contributed by atoms with Gasteiger partial charge < -0.3 is 19.1 Å². The topological polar surface area (TPSA) is 75.9 Å². The fourth-order valence-corrected chi connectivity index (χ4v) is 4.48. The fraction of sp³-hybridized carbons (Fsp3) is 0.542. The van der Waals surface area contributed by atoms with Crippen molar-refractivity contribution >= 4 is 11.8 Å². The Balaban J connectivity index is 1.52. The molecule has 1 aromatic carbocycles. The summed E-state index contributed by atoms with van der Waals surface area (Å²) in [4.78, 5) is 29.8. The second-order valence-corrected chi connectivity index (χ2v) is 8.47. The Labute approximate surface area is 183 Å². The molecule has 0 radical (unpaired) electrons. The van der Waals surface area contributed by atoms with E-state index >= 15 is 0 Å². The maximum atomic E-state index is 13.2. The second kappa shape index (κ2) is 10.1. The van der Waals surface area contributed by atoms with Crippen molar-refractivity contribution in [3.63, 3.8) is 0 Å². The highest BCUT2D eigenvalue weighted by Crippen LogP contribution is 2.25. The van der Waals surface area contributed by atoms with Gasteiger partial charge in [0.2, 0.25) is 5.91 Å². The zero-order valence-corrected chi connectivity index (χ0v) is 18.2. The van der Waals surface area contributed by atoms with Gasteiger partial charge in [0.05, 0.1) is 12.7 Å². The van der Waals surface area contributed by atoms with Crippen molar-refractivity contribution in [3.05, 3.63) is 53.4 Å². The number of carbonyl (C=O) groups excluding carboxylic acids is 2. The van der Waals surface area contributed by atoms with Crippen LogP contribution in [0.3, 0.4) is 0 Å². The van der Waals surface area contributed by atoms with E-state index in [0.717, 1.165) is 31.2 Å². The zero-order valence-electron chi connectivity index (χ0n) is 18.2. The van der Waals surface area contributed by atoms with Crippen LogP contribution in [-0.4, -0.2) is 58.6 Å². The number of aryl methyl sites for hydroxylation is 1. The van der Waals surface area contributed by atoms with E-state index < -0.39 is 0 Å². The number of hydrogen-bond donors (Lipinski definition) is 0. The molecule has 1 saturated heterocycles. The van der Waals surface area contributed by atoms with Gasteiger partial charge in [-0.25, -0.2) is 0 Å². The third kappa shape index (κ3) is 5.34. The molecule has 31 heavy (non-hydrogen) atoms. The molecule has 166 valence electrons. The van der Waals surface area contributed by atoms with Crippen LogP contribution in [0.4, 0.5) is 0 Å². The number of ether oxygens (including phenoxy) is 1. The summed E-state index contributed by atoms with van der Waals surface area (Å²) in [7, 11) is 0. The minimum atomic E-state index is -0.282. The first-order valence-corrected chi connectivity index (χ1v) is 11.3. The van der Waals surface area contributed by atoms with E-state index in [4.69, 9.17) is 9.26 Å². The normalized spacial score (nSPS) is 20.7. The molecule has 7 nitrogen and oxygen atoms in total. The average molecular weight is 426 g/mol. The molecule has 1 aromatic heterocycles. The number of amides is 2. The monoisotopic (exact) mass is 425 g/mol. The maximum absolute atomic E-state index is 13.2. The van der Waals surface area contributed by atoms with Gasteiger partial charge in [-0.1, -0.05) is 61.7 Å². The van der Waals surface area contributed by atoms with Crippen molar-refractivity contribution < 1.29 is 18.8 Å². The molecule has 4 rings (SSSR count). The molecular weight excluding hydrogens is 394 g/mol. The van der Waals surface area contributed by atoms with Crippen LogP contribution in [0.15, 0.2) is 40.9 Å². The summed E-state index contributed by atoms with van der Waals surface area (Å²) in [6, 6.07) is 11.9. The SMILES string of the molecule is CCc1cc(C(=O)N2CC(=O)N(C3CCCCC3)CC(OCc3ccccc3)C2)no1. The van der Waals surface area contributed by atoms with Crippen molar-refractivity contribution in [3.8, 4) is 0 Å². The molecular formula is C24H31N3O4. The van der Waals surface area contributed by atoms with Crippen LogP contribution < -0.4 is 0 Å². The van der Waals surface area contributed by atoms with Crippen molar-refractivity contribution in [2.24, 2.45) is 0 Å². The lowest BCUT2D eigenvalue weighted by atomic mass is 9.94. The Hall–Kier alpha value is -2.67. The van der Waals surface area contributed by atoms with E-state index in [1.54, 1.807) is 11.0 Å². The van der Waals surface area contributed by atoms with Crippen molar-refractivity contribution in [2.75, 3.05) is 19.6 Å². The molecule has 2 aliphatic rings. The van der Waals surface area contributed by atoms with Gasteiger partial charge in [0.25, 0.3) is 5.91 Å². The lowest BCUT2D eigenvalue weighted by molar-refractivity contribution is -0.134. The van der Waals surface area contributed by atoms with Gasteiger partial charge in [-0.2, -0.15) is 0 Å². The number of rotatable bonds is 6. The molecule has 2 aromatic rings. The Morgan fingerprint density at radius 3 is 2.65 bits per heavy atom. The minimum absolute atomic E-state index is 0.00901. The molecule has 1 aliphatic carbocycles. The molecule has 2 fully saturated rings. The van der Waals surface area contributed by atoms with Crippen molar-refractivity contribution in [2.45, 2.75) is 64.2 Å². The molecule has 2 heterocycles. The largest absolute Gasteiger partial charge is 0.370 e. The van der Waals surface area contributed by atoms with Gasteiger partial charge in [-0.05, 0) is 18.4 Å². The summed E-state index contributed by atoms with van der Waals surface area (Å²) in [5.74, 6) is 0.367. The Bertz CT molecular complexity index is 876. The van der Waals surface area contributed by atoms with Crippen LogP contribution in [0.1, 0.15) is 60.8 Å². The van der Waals surface area contributed by atoms with E-state index in [1.165, 1.54) is 6.42 Å². The van der Waals surface area contributed by atoms with Crippen LogP contribution >= 0.6 is 0 Å². The summed E-state index contributed by atoms with van der Waals surface area (Å²) in [6.07, 6.45) is 5.97. The van der Waals surface area contributed by atoms with Gasteiger partial charge >= 0.3 is 0 Å². The Kier molecular flexibility index (Phi) is 7.02. The molecule has 2 amide bonds. The second-order valence-electron chi connectivity index (χ2n) is 8.47. The van der Waals surface area contributed by atoms with Crippen molar-refractivity contribution in [1.82, 2.24) is 15.0 Å². The van der Waals surface area contributed by atoms with Gasteiger partial charge in [-0.3, -0.25) is 9.59 Å². The first-order valence-electron chi connectivity index (χ1n) is 11.3. The third-order valence-electron chi connectivity index (χ3n) is 6.23. The van der Waals surface area contributed by atoms with Crippen LogP contribution in [0.25, 0.3) is 0 Å². The third-order valence-corrected chi connectivity index (χ3v) is 6.23. The molecule has 0 bridgehead atoms. The smallest absolute Gasteiger partial charge is 0.276 e. The highest BCUT2D eigenvalue weighted by molar-refractivity contribution is 5.95. The Morgan fingerprint density at radius 2 is 1.94 bits per heavy atom. The number of hydrogen-bond acceptors (Lipinski definition) is 5. The summed E-state index contributed by atoms with van der Waals surface area (Å²) in [5, 5.41) is 3.91. The van der Waals surface area contributed by atoms with Gasteiger partial charge in [0.15, 0.2) is 5.69 Å². The molecule has 1 aliphatic heterocycles. The van der Waals surface area contributed by atoms with E-state index in [2.05, 4.69) is 5.16 Å².